The lowest BCUT2D eigenvalue weighted by molar-refractivity contribution is -0.137. The van der Waals surface area contributed by atoms with Crippen LogP contribution in [0.1, 0.15) is 19.3 Å². The first-order valence-electron chi connectivity index (χ1n) is 5.55. The van der Waals surface area contributed by atoms with E-state index in [2.05, 4.69) is 0 Å². The van der Waals surface area contributed by atoms with Crippen LogP contribution in [0.25, 0.3) is 0 Å². The maximum Gasteiger partial charge on any atom is 0.391 e. The summed E-state index contributed by atoms with van der Waals surface area (Å²) in [7, 11) is 0. The summed E-state index contributed by atoms with van der Waals surface area (Å²) in [4.78, 5) is 1.82. The topological polar surface area (TPSA) is 3.24 Å². The van der Waals surface area contributed by atoms with Gasteiger partial charge in [0.1, 0.15) is 0 Å². The fourth-order valence-electron chi connectivity index (χ4n) is 2.29. The number of hydrogen-bond donors (Lipinski definition) is 0. The predicted molar refractivity (Wildman–Crippen MR) is 62.5 cm³/mol. The zero-order valence-electron chi connectivity index (χ0n) is 9.17. The van der Waals surface area contributed by atoms with Crippen molar-refractivity contribution >= 4 is 17.3 Å². The molecule has 0 aliphatic carbocycles. The minimum absolute atomic E-state index is 0.434. The molecule has 94 valence electrons. The van der Waals surface area contributed by atoms with Crippen LogP contribution in [0.2, 0.25) is 5.02 Å². The molecule has 0 N–H and O–H groups in total. The van der Waals surface area contributed by atoms with Gasteiger partial charge in [-0.15, -0.1) is 0 Å². The second kappa shape index (κ2) is 4.77. The SMILES string of the molecule is FC(F)(F)CC1CCCN1c1ccc(Cl)cc1. The minimum atomic E-state index is -4.10. The first kappa shape index (κ1) is 12.6. The third-order valence-corrected chi connectivity index (χ3v) is 3.25. The molecular formula is C12H13ClF3N. The molecule has 1 aromatic carbocycles. The normalized spacial score (nSPS) is 20.9. The second-order valence-corrected chi connectivity index (χ2v) is 4.72. The summed E-state index contributed by atoms with van der Waals surface area (Å²) in [6, 6.07) is 6.53. The predicted octanol–water partition coefficient (Wildman–Crippen LogP) is 4.26. The molecule has 0 bridgehead atoms. The molecule has 1 aliphatic rings. The zero-order chi connectivity index (χ0) is 12.5. The summed E-state index contributed by atoms with van der Waals surface area (Å²) >= 11 is 5.76. The molecule has 1 aliphatic heterocycles. The van der Waals surface area contributed by atoms with Crippen molar-refractivity contribution in [1.29, 1.82) is 0 Å². The summed E-state index contributed by atoms with van der Waals surface area (Å²) in [5, 5.41) is 0.598. The van der Waals surface area contributed by atoms with E-state index in [0.717, 1.165) is 12.1 Å². The number of alkyl halides is 3. The Morgan fingerprint density at radius 1 is 1.24 bits per heavy atom. The average molecular weight is 264 g/mol. The van der Waals surface area contributed by atoms with Gasteiger partial charge in [0, 0.05) is 23.3 Å². The van der Waals surface area contributed by atoms with Crippen LogP contribution in [0.4, 0.5) is 18.9 Å². The largest absolute Gasteiger partial charge is 0.391 e. The smallest absolute Gasteiger partial charge is 0.368 e. The number of halogens is 4. The van der Waals surface area contributed by atoms with Crippen LogP contribution in [-0.4, -0.2) is 18.8 Å². The second-order valence-electron chi connectivity index (χ2n) is 4.29. The molecule has 1 saturated heterocycles. The highest BCUT2D eigenvalue weighted by molar-refractivity contribution is 6.30. The molecule has 0 amide bonds. The Balaban J connectivity index is 2.11. The molecule has 1 nitrogen and oxygen atoms in total. The van der Waals surface area contributed by atoms with Crippen LogP contribution in [-0.2, 0) is 0 Å². The Morgan fingerprint density at radius 3 is 2.47 bits per heavy atom. The molecular weight excluding hydrogens is 251 g/mol. The Morgan fingerprint density at radius 2 is 1.88 bits per heavy atom. The van der Waals surface area contributed by atoms with Crippen molar-refractivity contribution in [3.8, 4) is 0 Å². The van der Waals surface area contributed by atoms with Gasteiger partial charge in [0.2, 0.25) is 0 Å². The van der Waals surface area contributed by atoms with Gasteiger partial charge in [-0.1, -0.05) is 11.6 Å². The number of hydrogen-bond acceptors (Lipinski definition) is 1. The highest BCUT2D eigenvalue weighted by Crippen LogP contribution is 2.33. The first-order chi connectivity index (χ1) is 7.96. The van der Waals surface area contributed by atoms with Crippen LogP contribution >= 0.6 is 11.6 Å². The number of benzene rings is 1. The minimum Gasteiger partial charge on any atom is -0.368 e. The number of nitrogens with zero attached hydrogens (tertiary/aromatic N) is 1. The molecule has 1 unspecified atom stereocenters. The Labute approximate surface area is 103 Å². The van der Waals surface area contributed by atoms with Crippen molar-refractivity contribution in [2.24, 2.45) is 0 Å². The van der Waals surface area contributed by atoms with E-state index >= 15 is 0 Å². The highest BCUT2D eigenvalue weighted by atomic mass is 35.5. The van der Waals surface area contributed by atoms with Crippen molar-refractivity contribution in [3.63, 3.8) is 0 Å². The van der Waals surface area contributed by atoms with Gasteiger partial charge in [-0.25, -0.2) is 0 Å². The monoisotopic (exact) mass is 263 g/mol. The van der Waals surface area contributed by atoms with Crippen molar-refractivity contribution in [1.82, 2.24) is 0 Å². The van der Waals surface area contributed by atoms with Crippen molar-refractivity contribution in [3.05, 3.63) is 29.3 Å². The third-order valence-electron chi connectivity index (χ3n) is 3.00. The highest BCUT2D eigenvalue weighted by Gasteiger charge is 2.36. The van der Waals surface area contributed by atoms with Crippen LogP contribution in [0.5, 0.6) is 0 Å². The number of rotatable bonds is 2. The fourth-order valence-corrected chi connectivity index (χ4v) is 2.41. The van der Waals surface area contributed by atoms with Gasteiger partial charge in [-0.2, -0.15) is 13.2 Å². The summed E-state index contributed by atoms with van der Waals surface area (Å²) in [6.45, 7) is 0.683. The van der Waals surface area contributed by atoms with E-state index in [4.69, 9.17) is 11.6 Å². The molecule has 2 rings (SSSR count). The fraction of sp³-hybridized carbons (Fsp3) is 0.500. The van der Waals surface area contributed by atoms with E-state index in [1.165, 1.54) is 0 Å². The van der Waals surface area contributed by atoms with Gasteiger partial charge >= 0.3 is 6.18 Å². The maximum absolute atomic E-state index is 12.4. The van der Waals surface area contributed by atoms with Crippen molar-refractivity contribution in [2.75, 3.05) is 11.4 Å². The third kappa shape index (κ3) is 3.28. The first-order valence-corrected chi connectivity index (χ1v) is 5.92. The van der Waals surface area contributed by atoms with E-state index in [0.29, 0.717) is 18.0 Å². The standard InChI is InChI=1S/C12H13ClF3N/c13-9-3-5-10(6-4-9)17-7-1-2-11(17)8-12(14,15)16/h3-6,11H,1-2,7-8H2. The van der Waals surface area contributed by atoms with Crippen LogP contribution in [0.15, 0.2) is 24.3 Å². The van der Waals surface area contributed by atoms with Gasteiger partial charge in [0.15, 0.2) is 0 Å². The molecule has 0 radical (unpaired) electrons. The summed E-state index contributed by atoms with van der Waals surface area (Å²) in [6.07, 6.45) is -3.43. The quantitative estimate of drug-likeness (QED) is 0.771. The van der Waals surface area contributed by atoms with Gasteiger partial charge in [-0.05, 0) is 37.1 Å². The van der Waals surface area contributed by atoms with Gasteiger partial charge in [0.25, 0.3) is 0 Å². The molecule has 1 aromatic rings. The Bertz CT molecular complexity index is 374. The van der Waals surface area contributed by atoms with E-state index in [9.17, 15) is 13.2 Å². The molecule has 17 heavy (non-hydrogen) atoms. The molecule has 0 spiro atoms. The van der Waals surface area contributed by atoms with Crippen LogP contribution in [0, 0.1) is 0 Å². The van der Waals surface area contributed by atoms with Crippen molar-refractivity contribution in [2.45, 2.75) is 31.5 Å². The van der Waals surface area contributed by atoms with Crippen LogP contribution in [0.3, 0.4) is 0 Å². The van der Waals surface area contributed by atoms with Gasteiger partial charge in [0.05, 0.1) is 6.42 Å². The Hall–Kier alpha value is -0.900. The van der Waals surface area contributed by atoms with E-state index in [-0.39, 0.29) is 0 Å². The van der Waals surface area contributed by atoms with Crippen molar-refractivity contribution < 1.29 is 13.2 Å². The summed E-state index contributed by atoms with van der Waals surface area (Å²) in [5.41, 5.74) is 0.821. The van der Waals surface area contributed by atoms with Gasteiger partial charge < -0.3 is 4.90 Å². The van der Waals surface area contributed by atoms with E-state index in [1.807, 2.05) is 4.90 Å². The number of anilines is 1. The van der Waals surface area contributed by atoms with Gasteiger partial charge in [-0.3, -0.25) is 0 Å². The Kier molecular flexibility index (Phi) is 3.52. The lowest BCUT2D eigenvalue weighted by Gasteiger charge is -2.27. The maximum atomic E-state index is 12.4. The molecule has 1 atom stereocenters. The lowest BCUT2D eigenvalue weighted by atomic mass is 10.1. The van der Waals surface area contributed by atoms with E-state index in [1.54, 1.807) is 24.3 Å². The molecule has 5 heteroatoms. The average Bonchev–Trinajstić information content (AvgIpc) is 2.64. The molecule has 1 fully saturated rings. The zero-order valence-corrected chi connectivity index (χ0v) is 9.93. The molecule has 0 aromatic heterocycles. The molecule has 1 heterocycles. The molecule has 0 saturated carbocycles. The lowest BCUT2D eigenvalue weighted by Crippen LogP contribution is -2.33. The summed E-state index contributed by atoms with van der Waals surface area (Å²) in [5.74, 6) is 0. The van der Waals surface area contributed by atoms with E-state index < -0.39 is 18.6 Å². The van der Waals surface area contributed by atoms with Crippen LogP contribution < -0.4 is 4.90 Å². The summed E-state index contributed by atoms with van der Waals surface area (Å²) < 4.78 is 37.2.